The molecule has 0 amide bonds. The molecule has 11 heavy (non-hydrogen) atoms. The second kappa shape index (κ2) is 7.76. The van der Waals surface area contributed by atoms with E-state index in [9.17, 15) is 0 Å². The molecule has 0 radical (unpaired) electrons. The van der Waals surface area contributed by atoms with Crippen molar-refractivity contribution in [2.75, 3.05) is 13.7 Å². The predicted octanol–water partition coefficient (Wildman–Crippen LogP) is 2.70. The Hall–Kier alpha value is -0.340. The lowest BCUT2D eigenvalue weighted by atomic mass is 10.1. The molecule has 0 rings (SSSR count). The van der Waals surface area contributed by atoms with E-state index in [1.807, 2.05) is 0 Å². The number of allylic oxidation sites excluding steroid dienone is 1. The van der Waals surface area contributed by atoms with Crippen LogP contribution in [-0.2, 0) is 9.78 Å². The molecule has 0 aromatic rings. The molecule has 0 N–H and O–H groups in total. The minimum absolute atomic E-state index is 0.562. The van der Waals surface area contributed by atoms with E-state index in [0.29, 0.717) is 6.61 Å². The molecule has 2 nitrogen and oxygen atoms in total. The van der Waals surface area contributed by atoms with Crippen LogP contribution in [0.4, 0.5) is 0 Å². The monoisotopic (exact) mass is 158 g/mol. The summed E-state index contributed by atoms with van der Waals surface area (Å²) in [6.07, 6.45) is 5.73. The molecular weight excluding hydrogens is 140 g/mol. The van der Waals surface area contributed by atoms with E-state index in [1.54, 1.807) is 0 Å². The van der Waals surface area contributed by atoms with Gasteiger partial charge in [-0.15, -0.1) is 0 Å². The summed E-state index contributed by atoms with van der Waals surface area (Å²) in [6.45, 7) is 4.87. The first kappa shape index (κ1) is 10.7. The van der Waals surface area contributed by atoms with Crippen molar-refractivity contribution in [3.63, 3.8) is 0 Å². The molecule has 0 saturated carbocycles. The van der Waals surface area contributed by atoms with E-state index in [-0.39, 0.29) is 0 Å². The lowest BCUT2D eigenvalue weighted by molar-refractivity contribution is -0.263. The highest BCUT2D eigenvalue weighted by molar-refractivity contribution is 4.97. The predicted molar refractivity (Wildman–Crippen MR) is 46.2 cm³/mol. The standard InChI is InChI=1S/C9H18O2/c1-4-5-6-9(2)7-8-11-10-3/h7H,4-6,8H2,1-3H3/b9-7+. The quantitative estimate of drug-likeness (QED) is 0.256. The van der Waals surface area contributed by atoms with Crippen molar-refractivity contribution in [3.05, 3.63) is 11.6 Å². The fourth-order valence-corrected chi connectivity index (χ4v) is 0.802. The van der Waals surface area contributed by atoms with Gasteiger partial charge in [0.1, 0.15) is 6.61 Å². The molecule has 0 atom stereocenters. The van der Waals surface area contributed by atoms with Crippen LogP contribution >= 0.6 is 0 Å². The van der Waals surface area contributed by atoms with Crippen LogP contribution < -0.4 is 0 Å². The zero-order valence-corrected chi connectivity index (χ0v) is 7.72. The zero-order valence-electron chi connectivity index (χ0n) is 7.72. The second-order valence-electron chi connectivity index (χ2n) is 2.61. The van der Waals surface area contributed by atoms with Gasteiger partial charge in [0.25, 0.3) is 0 Å². The third kappa shape index (κ3) is 7.56. The van der Waals surface area contributed by atoms with Crippen molar-refractivity contribution >= 4 is 0 Å². The molecule has 0 fully saturated rings. The van der Waals surface area contributed by atoms with Gasteiger partial charge < -0.3 is 0 Å². The summed E-state index contributed by atoms with van der Waals surface area (Å²) < 4.78 is 0. The van der Waals surface area contributed by atoms with Crippen LogP contribution in [0.25, 0.3) is 0 Å². The summed E-state index contributed by atoms with van der Waals surface area (Å²) in [4.78, 5) is 9.16. The molecular formula is C9H18O2. The number of hydrogen-bond donors (Lipinski definition) is 0. The van der Waals surface area contributed by atoms with Gasteiger partial charge in [0.2, 0.25) is 0 Å². The first-order chi connectivity index (χ1) is 5.31. The summed E-state index contributed by atoms with van der Waals surface area (Å²) >= 11 is 0. The molecule has 0 heterocycles. The molecule has 0 aliphatic heterocycles. The van der Waals surface area contributed by atoms with E-state index < -0.39 is 0 Å². The van der Waals surface area contributed by atoms with Gasteiger partial charge in [-0.2, -0.15) is 0 Å². The lowest BCUT2D eigenvalue weighted by Crippen LogP contribution is -1.89. The van der Waals surface area contributed by atoms with Crippen molar-refractivity contribution in [1.29, 1.82) is 0 Å². The molecule has 0 saturated heterocycles. The highest BCUT2D eigenvalue weighted by Crippen LogP contribution is 2.05. The Kier molecular flexibility index (Phi) is 7.52. The normalized spacial score (nSPS) is 12.1. The fourth-order valence-electron chi connectivity index (χ4n) is 0.802. The van der Waals surface area contributed by atoms with Crippen molar-refractivity contribution in [2.45, 2.75) is 33.1 Å². The van der Waals surface area contributed by atoms with Gasteiger partial charge in [0.05, 0.1) is 7.11 Å². The highest BCUT2D eigenvalue weighted by atomic mass is 17.2. The molecule has 0 spiro atoms. The summed E-state index contributed by atoms with van der Waals surface area (Å²) in [5.74, 6) is 0. The maximum absolute atomic E-state index is 4.71. The van der Waals surface area contributed by atoms with Crippen LogP contribution in [-0.4, -0.2) is 13.7 Å². The molecule has 66 valence electrons. The molecule has 0 aliphatic rings. The number of hydrogen-bond acceptors (Lipinski definition) is 2. The molecule has 0 bridgehead atoms. The summed E-state index contributed by atoms with van der Waals surface area (Å²) in [6, 6.07) is 0. The van der Waals surface area contributed by atoms with Gasteiger partial charge in [-0.3, -0.25) is 0 Å². The third-order valence-corrected chi connectivity index (χ3v) is 1.54. The second-order valence-corrected chi connectivity index (χ2v) is 2.61. The number of unbranched alkanes of at least 4 members (excludes halogenated alkanes) is 1. The Bertz CT molecular complexity index is 108. The fraction of sp³-hybridized carbons (Fsp3) is 0.778. The Labute approximate surface area is 69.1 Å². The van der Waals surface area contributed by atoms with Gasteiger partial charge in [-0.05, 0) is 19.8 Å². The SMILES string of the molecule is CCCC/C(C)=C/COOC. The average Bonchev–Trinajstić information content (AvgIpc) is 2.01. The van der Waals surface area contributed by atoms with Gasteiger partial charge >= 0.3 is 0 Å². The van der Waals surface area contributed by atoms with Gasteiger partial charge in [0, 0.05) is 0 Å². The van der Waals surface area contributed by atoms with E-state index in [0.717, 1.165) is 0 Å². The smallest absolute Gasteiger partial charge is 0.101 e. The highest BCUT2D eigenvalue weighted by Gasteiger charge is 1.88. The summed E-state index contributed by atoms with van der Waals surface area (Å²) in [5, 5.41) is 0. The number of rotatable bonds is 6. The van der Waals surface area contributed by atoms with Crippen molar-refractivity contribution in [1.82, 2.24) is 0 Å². The molecule has 2 heteroatoms. The third-order valence-electron chi connectivity index (χ3n) is 1.54. The van der Waals surface area contributed by atoms with E-state index in [2.05, 4.69) is 24.8 Å². The van der Waals surface area contributed by atoms with Crippen LogP contribution in [0.5, 0.6) is 0 Å². The Morgan fingerprint density at radius 3 is 2.73 bits per heavy atom. The van der Waals surface area contributed by atoms with Crippen LogP contribution in [0.3, 0.4) is 0 Å². The zero-order chi connectivity index (χ0) is 8.53. The minimum atomic E-state index is 0.562. The molecule has 0 unspecified atom stereocenters. The maximum Gasteiger partial charge on any atom is 0.101 e. The van der Waals surface area contributed by atoms with Crippen LogP contribution in [0.15, 0.2) is 11.6 Å². The Balaban J connectivity index is 3.30. The van der Waals surface area contributed by atoms with E-state index >= 15 is 0 Å². The van der Waals surface area contributed by atoms with Gasteiger partial charge in [-0.1, -0.05) is 25.0 Å². The molecule has 0 aromatic heterocycles. The summed E-state index contributed by atoms with van der Waals surface area (Å²) in [5.41, 5.74) is 1.38. The van der Waals surface area contributed by atoms with E-state index in [1.165, 1.54) is 31.9 Å². The van der Waals surface area contributed by atoms with Crippen molar-refractivity contribution in [2.24, 2.45) is 0 Å². The van der Waals surface area contributed by atoms with Crippen LogP contribution in [0.2, 0.25) is 0 Å². The van der Waals surface area contributed by atoms with Crippen molar-refractivity contribution < 1.29 is 9.78 Å². The molecule has 0 aliphatic carbocycles. The Morgan fingerprint density at radius 1 is 1.45 bits per heavy atom. The largest absolute Gasteiger partial charge is 0.240 e. The van der Waals surface area contributed by atoms with Gasteiger partial charge in [-0.25, -0.2) is 9.78 Å². The average molecular weight is 158 g/mol. The lowest BCUT2D eigenvalue weighted by Gasteiger charge is -1.98. The Morgan fingerprint density at radius 2 is 2.18 bits per heavy atom. The van der Waals surface area contributed by atoms with Crippen molar-refractivity contribution in [3.8, 4) is 0 Å². The topological polar surface area (TPSA) is 18.5 Å². The molecule has 0 aromatic carbocycles. The van der Waals surface area contributed by atoms with Gasteiger partial charge in [0.15, 0.2) is 0 Å². The van der Waals surface area contributed by atoms with E-state index in [4.69, 9.17) is 4.89 Å². The van der Waals surface area contributed by atoms with Crippen LogP contribution in [0.1, 0.15) is 33.1 Å². The summed E-state index contributed by atoms with van der Waals surface area (Å²) in [7, 11) is 1.52. The first-order valence-corrected chi connectivity index (χ1v) is 4.12. The maximum atomic E-state index is 4.71. The minimum Gasteiger partial charge on any atom is -0.240 e. The van der Waals surface area contributed by atoms with Crippen LogP contribution in [0, 0.1) is 0 Å². The first-order valence-electron chi connectivity index (χ1n) is 4.12.